The molecule has 2 aromatic carbocycles. The van der Waals surface area contributed by atoms with Gasteiger partial charge in [0.25, 0.3) is 5.91 Å². The summed E-state index contributed by atoms with van der Waals surface area (Å²) in [4.78, 5) is 38.3. The number of aromatic hydroxyl groups is 1. The molecule has 1 amide bonds. The summed E-state index contributed by atoms with van der Waals surface area (Å²) in [5, 5.41) is 22.5. The Hall–Kier alpha value is -3.56. The van der Waals surface area contributed by atoms with Crippen LogP contribution in [0.4, 0.5) is 5.69 Å². The van der Waals surface area contributed by atoms with Gasteiger partial charge in [0.2, 0.25) is 0 Å². The quantitative estimate of drug-likeness (QED) is 0.335. The van der Waals surface area contributed by atoms with E-state index >= 15 is 0 Å². The Morgan fingerprint density at radius 2 is 1.90 bits per heavy atom. The van der Waals surface area contributed by atoms with Gasteiger partial charge in [-0.05, 0) is 18.2 Å². The minimum Gasteiger partial charge on any atom is -0.503 e. The van der Waals surface area contributed by atoms with Crippen LogP contribution < -0.4 is 10.1 Å². The van der Waals surface area contributed by atoms with Crippen LogP contribution in [-0.4, -0.2) is 59.8 Å². The Kier molecular flexibility index (Phi) is 6.78. The van der Waals surface area contributed by atoms with Crippen molar-refractivity contribution in [3.63, 3.8) is 0 Å². The Balaban J connectivity index is 1.93. The molecule has 31 heavy (non-hydrogen) atoms. The van der Waals surface area contributed by atoms with E-state index < -0.39 is 23.6 Å². The number of nitrogens with one attached hydrogen (secondary N) is 1. The molecule has 3 rings (SSSR count). The average Bonchev–Trinajstić information content (AvgIpc) is 3.07. The van der Waals surface area contributed by atoms with E-state index in [1.807, 2.05) is 0 Å². The number of phenols is 1. The van der Waals surface area contributed by atoms with Gasteiger partial charge in [0.15, 0.2) is 11.5 Å². The highest BCUT2D eigenvalue weighted by molar-refractivity contribution is 6.31. The minimum absolute atomic E-state index is 0.00593. The summed E-state index contributed by atoms with van der Waals surface area (Å²) in [6, 6.07) is 10.7. The lowest BCUT2D eigenvalue weighted by atomic mass is 10.2. The Labute approximate surface area is 182 Å². The second-order valence-electron chi connectivity index (χ2n) is 6.48. The highest BCUT2D eigenvalue weighted by Gasteiger charge is 2.35. The number of methoxy groups -OCH3 is 1. The molecular weight excluding hydrogens is 428 g/mol. The van der Waals surface area contributed by atoms with E-state index in [4.69, 9.17) is 26.2 Å². The molecule has 3 N–H and O–H groups in total. The molecule has 1 aliphatic heterocycles. The summed E-state index contributed by atoms with van der Waals surface area (Å²) in [7, 11) is 1.17. The van der Waals surface area contributed by atoms with Crippen molar-refractivity contribution in [3.8, 4) is 11.5 Å². The molecule has 0 saturated heterocycles. The molecule has 0 bridgehead atoms. The van der Waals surface area contributed by atoms with Crippen LogP contribution in [0.15, 0.2) is 53.7 Å². The number of anilines is 1. The number of benzene rings is 2. The van der Waals surface area contributed by atoms with Gasteiger partial charge in [-0.3, -0.25) is 4.79 Å². The lowest BCUT2D eigenvalue weighted by Crippen LogP contribution is -2.31. The molecule has 9 nitrogen and oxygen atoms in total. The molecule has 162 valence electrons. The molecule has 1 aliphatic rings. The van der Waals surface area contributed by atoms with Gasteiger partial charge < -0.3 is 29.9 Å². The summed E-state index contributed by atoms with van der Waals surface area (Å²) < 4.78 is 9.97. The maximum atomic E-state index is 12.7. The van der Waals surface area contributed by atoms with Crippen molar-refractivity contribution < 1.29 is 34.1 Å². The SMILES string of the molecule is COC(=O)C1=C(Nc2cc(Cl)cc(OC(=O)c3ccccc3)c2O)C(=O)N(CCO)C1. The van der Waals surface area contributed by atoms with Crippen LogP contribution in [0.3, 0.4) is 0 Å². The standard InChI is InChI=1S/C21H19ClN2O7/c1-30-21(29)14-11-24(7-8-25)19(27)17(14)23-15-9-13(22)10-16(18(15)26)31-20(28)12-5-3-2-4-6-12/h2-6,9-10,23,25-26H,7-8,11H2,1H3. The fourth-order valence-corrected chi connectivity index (χ4v) is 3.17. The topological polar surface area (TPSA) is 125 Å². The van der Waals surface area contributed by atoms with Crippen molar-refractivity contribution in [2.45, 2.75) is 0 Å². The molecule has 0 spiro atoms. The predicted octanol–water partition coefficient (Wildman–Crippen LogP) is 1.94. The fraction of sp³-hybridized carbons (Fsp3) is 0.190. The number of carbonyl (C=O) groups excluding carboxylic acids is 3. The van der Waals surface area contributed by atoms with E-state index in [0.717, 1.165) is 0 Å². The van der Waals surface area contributed by atoms with E-state index in [1.54, 1.807) is 30.3 Å². The molecule has 0 radical (unpaired) electrons. The zero-order valence-corrected chi connectivity index (χ0v) is 17.2. The normalized spacial score (nSPS) is 13.4. The molecule has 10 heteroatoms. The molecule has 1 heterocycles. The number of esters is 2. The van der Waals surface area contributed by atoms with Crippen molar-refractivity contribution in [2.24, 2.45) is 0 Å². The third-order valence-corrected chi connectivity index (χ3v) is 4.68. The van der Waals surface area contributed by atoms with Crippen LogP contribution in [0.1, 0.15) is 10.4 Å². The number of nitrogens with zero attached hydrogens (tertiary/aromatic N) is 1. The molecule has 0 atom stereocenters. The second-order valence-corrected chi connectivity index (χ2v) is 6.91. The summed E-state index contributed by atoms with van der Waals surface area (Å²) in [6.45, 7) is -0.368. The van der Waals surface area contributed by atoms with Crippen molar-refractivity contribution >= 4 is 35.1 Å². The highest BCUT2D eigenvalue weighted by atomic mass is 35.5. The zero-order valence-electron chi connectivity index (χ0n) is 16.4. The highest BCUT2D eigenvalue weighted by Crippen LogP contribution is 2.39. The zero-order chi connectivity index (χ0) is 22.5. The molecule has 0 aliphatic carbocycles. The maximum absolute atomic E-state index is 12.7. The largest absolute Gasteiger partial charge is 0.503 e. The first kappa shape index (κ1) is 22.1. The van der Waals surface area contributed by atoms with Crippen molar-refractivity contribution in [2.75, 3.05) is 32.1 Å². The monoisotopic (exact) mass is 446 g/mol. The number of aliphatic hydroxyl groups is 1. The molecule has 0 fully saturated rings. The number of rotatable bonds is 7. The predicted molar refractivity (Wildman–Crippen MR) is 111 cm³/mol. The van der Waals surface area contributed by atoms with E-state index in [9.17, 15) is 19.5 Å². The molecular formula is C21H19ClN2O7. The summed E-state index contributed by atoms with van der Waals surface area (Å²) in [6.07, 6.45) is 0. The van der Waals surface area contributed by atoms with Gasteiger partial charge in [-0.2, -0.15) is 0 Å². The lowest BCUT2D eigenvalue weighted by molar-refractivity contribution is -0.136. The van der Waals surface area contributed by atoms with E-state index in [0.29, 0.717) is 0 Å². The second kappa shape index (κ2) is 9.50. The Morgan fingerprint density at radius 1 is 1.19 bits per heavy atom. The van der Waals surface area contributed by atoms with Crippen LogP contribution in [0.5, 0.6) is 11.5 Å². The van der Waals surface area contributed by atoms with Gasteiger partial charge in [-0.25, -0.2) is 9.59 Å². The van der Waals surface area contributed by atoms with E-state index in [2.05, 4.69) is 5.32 Å². The number of amides is 1. The summed E-state index contributed by atoms with van der Waals surface area (Å²) in [5.41, 5.74) is 0.0815. The minimum atomic E-state index is -0.742. The smallest absolute Gasteiger partial charge is 0.343 e. The average molecular weight is 447 g/mol. The number of phenolic OH excluding ortho intramolecular Hbond substituents is 1. The van der Waals surface area contributed by atoms with Gasteiger partial charge in [0, 0.05) is 17.6 Å². The number of aliphatic hydroxyl groups excluding tert-OH is 1. The molecule has 0 saturated carbocycles. The van der Waals surface area contributed by atoms with Crippen LogP contribution in [-0.2, 0) is 14.3 Å². The van der Waals surface area contributed by atoms with E-state index in [-0.39, 0.29) is 53.0 Å². The van der Waals surface area contributed by atoms with Crippen LogP contribution >= 0.6 is 11.6 Å². The number of β-amino-alcohol motifs (C(OH)–C–C–N with tert-alkyl or cyclic N) is 1. The third kappa shape index (κ3) is 4.79. The summed E-state index contributed by atoms with van der Waals surface area (Å²) in [5.74, 6) is -2.75. The first-order valence-electron chi connectivity index (χ1n) is 9.14. The van der Waals surface area contributed by atoms with Gasteiger partial charge in [0.05, 0.1) is 37.1 Å². The first-order valence-corrected chi connectivity index (χ1v) is 9.51. The molecule has 0 aromatic heterocycles. The Morgan fingerprint density at radius 3 is 2.55 bits per heavy atom. The molecule has 2 aromatic rings. The number of ether oxygens (including phenoxy) is 2. The summed E-state index contributed by atoms with van der Waals surface area (Å²) >= 11 is 6.10. The van der Waals surface area contributed by atoms with Gasteiger partial charge in [-0.15, -0.1) is 0 Å². The van der Waals surface area contributed by atoms with Crippen LogP contribution in [0.25, 0.3) is 0 Å². The lowest BCUT2D eigenvalue weighted by Gasteiger charge is -2.16. The van der Waals surface area contributed by atoms with Gasteiger partial charge in [-0.1, -0.05) is 29.8 Å². The van der Waals surface area contributed by atoms with Crippen LogP contribution in [0, 0.1) is 0 Å². The van der Waals surface area contributed by atoms with Crippen LogP contribution in [0.2, 0.25) is 5.02 Å². The fourth-order valence-electron chi connectivity index (χ4n) is 2.96. The number of carbonyl (C=O) groups is 3. The maximum Gasteiger partial charge on any atom is 0.343 e. The number of hydrogen-bond donors (Lipinski definition) is 3. The first-order chi connectivity index (χ1) is 14.8. The van der Waals surface area contributed by atoms with Crippen molar-refractivity contribution in [1.82, 2.24) is 4.90 Å². The number of hydrogen-bond acceptors (Lipinski definition) is 8. The van der Waals surface area contributed by atoms with Crippen molar-refractivity contribution in [3.05, 3.63) is 64.3 Å². The number of halogens is 1. The van der Waals surface area contributed by atoms with Gasteiger partial charge >= 0.3 is 11.9 Å². The Bertz CT molecular complexity index is 1050. The van der Waals surface area contributed by atoms with Gasteiger partial charge in [0.1, 0.15) is 5.70 Å². The third-order valence-electron chi connectivity index (χ3n) is 4.47. The van der Waals surface area contributed by atoms with Crippen molar-refractivity contribution in [1.29, 1.82) is 0 Å². The molecule has 0 unspecified atom stereocenters. The van der Waals surface area contributed by atoms with E-state index in [1.165, 1.54) is 24.1 Å².